The van der Waals surface area contributed by atoms with Gasteiger partial charge in [0.2, 0.25) is 0 Å². The summed E-state index contributed by atoms with van der Waals surface area (Å²) in [5.41, 5.74) is 3.23. The minimum absolute atomic E-state index is 0.391. The van der Waals surface area contributed by atoms with E-state index < -0.39 is 6.10 Å². The van der Waals surface area contributed by atoms with Gasteiger partial charge in [-0.2, -0.15) is 0 Å². The molecule has 1 fully saturated rings. The Kier molecular flexibility index (Phi) is 3.90. The molecule has 1 aromatic carbocycles. The topological polar surface area (TPSA) is 32.6 Å². The number of aliphatic imine (C=N–C) groups is 1. The summed E-state index contributed by atoms with van der Waals surface area (Å²) in [7, 11) is 0. The molecule has 0 saturated heterocycles. The van der Waals surface area contributed by atoms with Gasteiger partial charge >= 0.3 is 0 Å². The van der Waals surface area contributed by atoms with Crippen LogP contribution in [0.25, 0.3) is 0 Å². The van der Waals surface area contributed by atoms with Crippen molar-refractivity contribution in [3.05, 3.63) is 33.8 Å². The van der Waals surface area contributed by atoms with E-state index in [0.29, 0.717) is 17.5 Å². The molecule has 1 aromatic rings. The molecule has 1 atom stereocenters. The van der Waals surface area contributed by atoms with Crippen LogP contribution in [0.1, 0.15) is 61.3 Å². The Morgan fingerprint density at radius 1 is 1.26 bits per heavy atom. The minimum atomic E-state index is -0.391. The molecule has 0 radical (unpaired) electrons. The molecule has 3 rings (SSSR count). The van der Waals surface area contributed by atoms with Gasteiger partial charge in [-0.15, -0.1) is 0 Å². The number of hydrogen-bond donors (Lipinski definition) is 1. The van der Waals surface area contributed by atoms with Crippen molar-refractivity contribution >= 4 is 17.8 Å². The predicted octanol–water partition coefficient (Wildman–Crippen LogP) is 4.28. The van der Waals surface area contributed by atoms with Crippen LogP contribution in [0.3, 0.4) is 0 Å². The summed E-state index contributed by atoms with van der Waals surface area (Å²) >= 11 is 6.14. The van der Waals surface area contributed by atoms with Crippen molar-refractivity contribution < 1.29 is 5.11 Å². The van der Waals surface area contributed by atoms with Crippen LogP contribution in [0, 0.1) is 5.92 Å². The fraction of sp³-hybridized carbons (Fsp3) is 0.562. The van der Waals surface area contributed by atoms with Gasteiger partial charge in [-0.3, -0.25) is 4.99 Å². The lowest BCUT2D eigenvalue weighted by molar-refractivity contribution is 0.130. The predicted molar refractivity (Wildman–Crippen MR) is 78.9 cm³/mol. The van der Waals surface area contributed by atoms with Crippen LogP contribution in [0.4, 0.5) is 0 Å². The smallest absolute Gasteiger partial charge is 0.0796 e. The molecule has 0 amide bonds. The number of benzene rings is 1. The quantitative estimate of drug-likeness (QED) is 0.879. The first-order chi connectivity index (χ1) is 9.24. The number of aliphatic hydroxyl groups is 1. The molecule has 1 heterocycles. The molecule has 1 unspecified atom stereocenters. The van der Waals surface area contributed by atoms with Gasteiger partial charge in [0.1, 0.15) is 0 Å². The molecule has 1 saturated carbocycles. The van der Waals surface area contributed by atoms with E-state index in [4.69, 9.17) is 11.6 Å². The highest BCUT2D eigenvalue weighted by molar-refractivity contribution is 6.31. The zero-order valence-corrected chi connectivity index (χ0v) is 11.9. The van der Waals surface area contributed by atoms with Gasteiger partial charge in [0.05, 0.1) is 12.6 Å². The summed E-state index contributed by atoms with van der Waals surface area (Å²) in [5.74, 6) is 0.667. The maximum Gasteiger partial charge on any atom is 0.0796 e. The van der Waals surface area contributed by atoms with Gasteiger partial charge in [-0.1, -0.05) is 43.7 Å². The van der Waals surface area contributed by atoms with Crippen LogP contribution < -0.4 is 0 Å². The summed E-state index contributed by atoms with van der Waals surface area (Å²) in [6, 6.07) is 3.85. The number of nitrogens with zero attached hydrogens (tertiary/aromatic N) is 1. The molecule has 1 aliphatic carbocycles. The van der Waals surface area contributed by atoms with E-state index in [9.17, 15) is 5.11 Å². The van der Waals surface area contributed by atoms with Crippen molar-refractivity contribution in [1.29, 1.82) is 0 Å². The van der Waals surface area contributed by atoms with E-state index in [1.54, 1.807) is 0 Å². The standard InChI is InChI=1S/C16H20ClNO/c17-13-7-12-9-18-10-15(12)14(8-13)16(19)6-11-4-2-1-3-5-11/h7-9,11,16,19H,1-6,10H2. The van der Waals surface area contributed by atoms with Gasteiger partial charge in [0, 0.05) is 11.2 Å². The Morgan fingerprint density at radius 2 is 2.05 bits per heavy atom. The summed E-state index contributed by atoms with van der Waals surface area (Å²) in [4.78, 5) is 4.29. The molecule has 0 aromatic heterocycles. The second-order valence-electron chi connectivity index (χ2n) is 5.79. The van der Waals surface area contributed by atoms with Gasteiger partial charge in [0.25, 0.3) is 0 Å². The molecule has 2 nitrogen and oxygen atoms in total. The lowest BCUT2D eigenvalue weighted by Crippen LogP contribution is -2.12. The largest absolute Gasteiger partial charge is 0.388 e. The lowest BCUT2D eigenvalue weighted by Gasteiger charge is -2.25. The third-order valence-electron chi connectivity index (χ3n) is 4.40. The van der Waals surface area contributed by atoms with Crippen molar-refractivity contribution in [3.63, 3.8) is 0 Å². The third-order valence-corrected chi connectivity index (χ3v) is 4.62. The van der Waals surface area contributed by atoms with Crippen molar-refractivity contribution in [2.24, 2.45) is 10.9 Å². The molecule has 2 aliphatic rings. The molecule has 1 aliphatic heterocycles. The van der Waals surface area contributed by atoms with E-state index in [-0.39, 0.29) is 0 Å². The molecule has 0 bridgehead atoms. The number of halogens is 1. The molecule has 3 heteroatoms. The van der Waals surface area contributed by atoms with Crippen LogP contribution in [0.5, 0.6) is 0 Å². The first-order valence-electron chi connectivity index (χ1n) is 7.24. The van der Waals surface area contributed by atoms with Crippen molar-refractivity contribution in [1.82, 2.24) is 0 Å². The summed E-state index contributed by atoms with van der Waals surface area (Å²) in [6.45, 7) is 0.684. The average Bonchev–Trinajstić information content (AvgIpc) is 2.86. The number of fused-ring (bicyclic) bond motifs is 1. The Labute approximate surface area is 119 Å². The number of rotatable bonds is 3. The molecular weight excluding hydrogens is 258 g/mol. The Bertz CT molecular complexity index is 492. The van der Waals surface area contributed by atoms with E-state index in [2.05, 4.69) is 4.99 Å². The maximum atomic E-state index is 10.5. The second kappa shape index (κ2) is 5.64. The van der Waals surface area contributed by atoms with Crippen LogP contribution in [-0.4, -0.2) is 11.3 Å². The first kappa shape index (κ1) is 13.1. The zero-order chi connectivity index (χ0) is 13.2. The van der Waals surface area contributed by atoms with E-state index in [1.165, 1.54) is 32.1 Å². The summed E-state index contributed by atoms with van der Waals surface area (Å²) in [5, 5.41) is 11.2. The van der Waals surface area contributed by atoms with Gasteiger partial charge in [0.15, 0.2) is 0 Å². The van der Waals surface area contributed by atoms with Gasteiger partial charge in [-0.05, 0) is 41.2 Å². The van der Waals surface area contributed by atoms with Crippen molar-refractivity contribution in [2.45, 2.75) is 51.2 Å². The van der Waals surface area contributed by atoms with Crippen LogP contribution >= 0.6 is 11.6 Å². The highest BCUT2D eigenvalue weighted by Gasteiger charge is 2.22. The summed E-state index contributed by atoms with van der Waals surface area (Å²) < 4.78 is 0. The number of aliphatic hydroxyl groups excluding tert-OH is 1. The molecular formula is C16H20ClNO. The van der Waals surface area contributed by atoms with Crippen LogP contribution in [0.2, 0.25) is 5.02 Å². The molecule has 19 heavy (non-hydrogen) atoms. The highest BCUT2D eigenvalue weighted by Crippen LogP contribution is 2.35. The Morgan fingerprint density at radius 3 is 2.84 bits per heavy atom. The SMILES string of the molecule is OC(CC1CCCCC1)c1cc(Cl)cc2c1CN=C2. The van der Waals surface area contributed by atoms with Crippen LogP contribution in [0.15, 0.2) is 17.1 Å². The molecule has 1 N–H and O–H groups in total. The maximum absolute atomic E-state index is 10.5. The Hall–Kier alpha value is -0.860. The monoisotopic (exact) mass is 277 g/mol. The van der Waals surface area contributed by atoms with E-state index in [1.807, 2.05) is 18.3 Å². The lowest BCUT2D eigenvalue weighted by atomic mass is 9.83. The van der Waals surface area contributed by atoms with Crippen LogP contribution in [-0.2, 0) is 6.54 Å². The van der Waals surface area contributed by atoms with E-state index >= 15 is 0 Å². The zero-order valence-electron chi connectivity index (χ0n) is 11.1. The average molecular weight is 278 g/mol. The fourth-order valence-corrected chi connectivity index (χ4v) is 3.61. The normalized spacial score (nSPS) is 20.5. The first-order valence-corrected chi connectivity index (χ1v) is 7.62. The number of hydrogen-bond acceptors (Lipinski definition) is 2. The highest BCUT2D eigenvalue weighted by atomic mass is 35.5. The van der Waals surface area contributed by atoms with Gasteiger partial charge in [-0.25, -0.2) is 0 Å². The van der Waals surface area contributed by atoms with E-state index in [0.717, 1.165) is 23.1 Å². The second-order valence-corrected chi connectivity index (χ2v) is 6.22. The van der Waals surface area contributed by atoms with Crippen molar-refractivity contribution in [3.8, 4) is 0 Å². The molecule has 102 valence electrons. The third kappa shape index (κ3) is 2.85. The summed E-state index contributed by atoms with van der Waals surface area (Å²) in [6.07, 6.45) is 8.84. The Balaban J connectivity index is 1.78. The molecule has 0 spiro atoms. The minimum Gasteiger partial charge on any atom is -0.388 e. The fourth-order valence-electron chi connectivity index (χ4n) is 3.38. The van der Waals surface area contributed by atoms with Gasteiger partial charge < -0.3 is 5.11 Å². The van der Waals surface area contributed by atoms with Crippen molar-refractivity contribution in [2.75, 3.05) is 0 Å².